The fourth-order valence-corrected chi connectivity index (χ4v) is 1.66. The van der Waals surface area contributed by atoms with E-state index in [-0.39, 0.29) is 0 Å². The largest absolute Gasteiger partial charge is 0.319 e. The molecule has 0 aliphatic heterocycles. The van der Waals surface area contributed by atoms with Gasteiger partial charge in [-0.05, 0) is 27.7 Å². The topological polar surface area (TPSA) is 71.1 Å². The first-order chi connectivity index (χ1) is 8.62. The van der Waals surface area contributed by atoms with Crippen molar-refractivity contribution in [2.75, 3.05) is 26.4 Å². The molecule has 0 saturated carbocycles. The van der Waals surface area contributed by atoms with Crippen molar-refractivity contribution < 1.29 is 27.2 Å². The highest BCUT2D eigenvalue weighted by Crippen LogP contribution is 2.22. The maximum Gasteiger partial charge on any atom is 0.319 e. The van der Waals surface area contributed by atoms with Gasteiger partial charge in [-0.25, -0.2) is 0 Å². The highest BCUT2D eigenvalue weighted by atomic mass is 31.1. The minimum atomic E-state index is -2.14. The Bertz CT molecular complexity index is 165. The van der Waals surface area contributed by atoms with Gasteiger partial charge in [0.1, 0.15) is 0 Å². The molecular formula is C10H26O6P2. The fourth-order valence-electron chi connectivity index (χ4n) is 0.555. The molecule has 0 fully saturated rings. The molecule has 0 aliphatic carbocycles. The summed E-state index contributed by atoms with van der Waals surface area (Å²) in [7, 11) is -4.28. The van der Waals surface area contributed by atoms with E-state index in [2.05, 4.69) is 31.3 Å². The molecule has 18 heavy (non-hydrogen) atoms. The number of hydrogen-bond donors (Lipinski definition) is 0. The SMILES string of the molecule is C=C.CCO[PH](=O)OCC.CCO[PH](=O)OCC. The second kappa shape index (κ2) is 22.2. The molecule has 0 amide bonds. The predicted molar refractivity (Wildman–Crippen MR) is 75.8 cm³/mol. The van der Waals surface area contributed by atoms with Crippen molar-refractivity contribution in [1.82, 2.24) is 0 Å². The van der Waals surface area contributed by atoms with Crippen LogP contribution in [-0.2, 0) is 27.2 Å². The van der Waals surface area contributed by atoms with Gasteiger partial charge in [-0.2, -0.15) is 0 Å². The molecule has 0 N–H and O–H groups in total. The summed E-state index contributed by atoms with van der Waals surface area (Å²) in [5, 5.41) is 0. The lowest BCUT2D eigenvalue weighted by molar-refractivity contribution is 0.242. The van der Waals surface area contributed by atoms with Crippen molar-refractivity contribution >= 4 is 16.5 Å². The van der Waals surface area contributed by atoms with Gasteiger partial charge in [0.2, 0.25) is 0 Å². The van der Waals surface area contributed by atoms with Gasteiger partial charge in [0.25, 0.3) is 0 Å². The third-order valence-electron chi connectivity index (χ3n) is 1.05. The third kappa shape index (κ3) is 25.0. The first-order valence-electron chi connectivity index (χ1n) is 5.71. The molecular weight excluding hydrogens is 278 g/mol. The van der Waals surface area contributed by atoms with Crippen LogP contribution in [-0.4, -0.2) is 26.4 Å². The average Bonchev–Trinajstić information content (AvgIpc) is 2.34. The Balaban J connectivity index is -0.000000219. The van der Waals surface area contributed by atoms with E-state index < -0.39 is 16.5 Å². The Labute approximate surface area is 112 Å². The summed E-state index contributed by atoms with van der Waals surface area (Å²) in [6, 6.07) is 0. The Morgan fingerprint density at radius 2 is 0.833 bits per heavy atom. The van der Waals surface area contributed by atoms with Crippen LogP contribution in [0, 0.1) is 0 Å². The summed E-state index contributed by atoms with van der Waals surface area (Å²) >= 11 is 0. The molecule has 6 nitrogen and oxygen atoms in total. The van der Waals surface area contributed by atoms with E-state index in [1.807, 2.05) is 0 Å². The van der Waals surface area contributed by atoms with Crippen LogP contribution >= 0.6 is 16.5 Å². The lowest BCUT2D eigenvalue weighted by Crippen LogP contribution is -1.81. The molecule has 8 heteroatoms. The van der Waals surface area contributed by atoms with Crippen molar-refractivity contribution in [3.8, 4) is 0 Å². The Kier molecular flexibility index (Phi) is 28.6. The van der Waals surface area contributed by atoms with Gasteiger partial charge in [0, 0.05) is 0 Å². The molecule has 0 heterocycles. The molecule has 0 aromatic rings. The van der Waals surface area contributed by atoms with Crippen molar-refractivity contribution in [2.24, 2.45) is 0 Å². The van der Waals surface area contributed by atoms with Gasteiger partial charge >= 0.3 is 16.5 Å². The zero-order valence-corrected chi connectivity index (χ0v) is 13.7. The summed E-state index contributed by atoms with van der Waals surface area (Å²) in [4.78, 5) is 0. The lowest BCUT2D eigenvalue weighted by atomic mass is 10.9. The van der Waals surface area contributed by atoms with Gasteiger partial charge in [0.15, 0.2) is 0 Å². The normalized spacial score (nSPS) is 9.44. The van der Waals surface area contributed by atoms with Crippen LogP contribution in [0.1, 0.15) is 27.7 Å². The van der Waals surface area contributed by atoms with Crippen LogP contribution in [0.4, 0.5) is 0 Å². The van der Waals surface area contributed by atoms with Gasteiger partial charge in [-0.1, -0.05) is 0 Å². The predicted octanol–water partition coefficient (Wildman–Crippen LogP) is 3.70. The van der Waals surface area contributed by atoms with E-state index in [1.54, 1.807) is 27.7 Å². The van der Waals surface area contributed by atoms with Crippen LogP contribution in [0.15, 0.2) is 13.2 Å². The standard InChI is InChI=1S/2C4H11O3P.C2H4/c2*1-3-6-8(5)7-4-2;1-2/h2*8H,3-4H2,1-2H3;1-2H2. The highest BCUT2D eigenvalue weighted by molar-refractivity contribution is 7.33. The fraction of sp³-hybridized carbons (Fsp3) is 0.800. The summed E-state index contributed by atoms with van der Waals surface area (Å²) < 4.78 is 39.2. The molecule has 0 aliphatic rings. The Hall–Kier alpha value is 0.0400. The van der Waals surface area contributed by atoms with Gasteiger partial charge < -0.3 is 18.1 Å². The second-order valence-electron chi connectivity index (χ2n) is 2.23. The number of rotatable bonds is 8. The van der Waals surface area contributed by atoms with E-state index in [0.717, 1.165) is 0 Å². The average molecular weight is 304 g/mol. The lowest BCUT2D eigenvalue weighted by Gasteiger charge is -1.97. The van der Waals surface area contributed by atoms with E-state index >= 15 is 0 Å². The minimum absolute atomic E-state index is 0.456. The first-order valence-corrected chi connectivity index (χ1v) is 8.16. The van der Waals surface area contributed by atoms with Crippen LogP contribution in [0.5, 0.6) is 0 Å². The van der Waals surface area contributed by atoms with E-state index in [4.69, 9.17) is 0 Å². The van der Waals surface area contributed by atoms with Crippen LogP contribution in [0.25, 0.3) is 0 Å². The van der Waals surface area contributed by atoms with Gasteiger partial charge in [0.05, 0.1) is 26.4 Å². The summed E-state index contributed by atoms with van der Waals surface area (Å²) in [6.45, 7) is 14.9. The Morgan fingerprint density at radius 1 is 0.667 bits per heavy atom. The van der Waals surface area contributed by atoms with Crippen LogP contribution in [0.2, 0.25) is 0 Å². The molecule has 0 aromatic carbocycles. The molecule has 0 unspecified atom stereocenters. The number of hydrogen-bond acceptors (Lipinski definition) is 6. The first kappa shape index (κ1) is 23.2. The van der Waals surface area contributed by atoms with Crippen molar-refractivity contribution in [3.63, 3.8) is 0 Å². The maximum atomic E-state index is 10.4. The molecule has 0 saturated heterocycles. The van der Waals surface area contributed by atoms with E-state index in [9.17, 15) is 9.13 Å². The summed E-state index contributed by atoms with van der Waals surface area (Å²) in [5.74, 6) is 0. The minimum Gasteiger partial charge on any atom is -0.311 e. The van der Waals surface area contributed by atoms with Crippen molar-refractivity contribution in [1.29, 1.82) is 0 Å². The molecule has 112 valence electrons. The molecule has 0 rings (SSSR count). The van der Waals surface area contributed by atoms with Crippen molar-refractivity contribution in [3.05, 3.63) is 13.2 Å². The zero-order chi connectivity index (χ0) is 14.8. The highest BCUT2D eigenvalue weighted by Gasteiger charge is 1.92. The summed E-state index contributed by atoms with van der Waals surface area (Å²) in [6.07, 6.45) is 0. The second-order valence-corrected chi connectivity index (χ2v) is 4.39. The van der Waals surface area contributed by atoms with Gasteiger partial charge in [-0.3, -0.25) is 9.13 Å². The summed E-state index contributed by atoms with van der Waals surface area (Å²) in [5.41, 5.74) is 0. The quantitative estimate of drug-likeness (QED) is 0.503. The monoisotopic (exact) mass is 304 g/mol. The molecule has 0 aromatic heterocycles. The van der Waals surface area contributed by atoms with Crippen molar-refractivity contribution in [2.45, 2.75) is 27.7 Å². The molecule has 0 radical (unpaired) electrons. The van der Waals surface area contributed by atoms with Gasteiger partial charge in [-0.15, -0.1) is 13.2 Å². The van der Waals surface area contributed by atoms with E-state index in [0.29, 0.717) is 26.4 Å². The maximum absolute atomic E-state index is 10.4. The smallest absolute Gasteiger partial charge is 0.311 e. The zero-order valence-electron chi connectivity index (χ0n) is 11.7. The van der Waals surface area contributed by atoms with Crippen LogP contribution in [0.3, 0.4) is 0 Å². The molecule has 0 spiro atoms. The van der Waals surface area contributed by atoms with Crippen LogP contribution < -0.4 is 0 Å². The third-order valence-corrected chi connectivity index (χ3v) is 3.15. The Morgan fingerprint density at radius 3 is 0.944 bits per heavy atom. The van der Waals surface area contributed by atoms with E-state index in [1.165, 1.54) is 0 Å². The molecule has 0 atom stereocenters. The molecule has 0 bridgehead atoms.